The first-order chi connectivity index (χ1) is 9.40. The van der Waals surface area contributed by atoms with Gasteiger partial charge in [0.25, 0.3) is 0 Å². The van der Waals surface area contributed by atoms with Crippen LogP contribution in [0.25, 0.3) is 16.9 Å². The number of nitrogen functional groups attached to an aromatic ring is 1. The topological polar surface area (TPSA) is 61.7 Å². The molecule has 0 fully saturated rings. The molecule has 3 rings (SSSR count). The third-order valence-corrected chi connectivity index (χ3v) is 3.93. The van der Waals surface area contributed by atoms with E-state index in [1.54, 1.807) is 16.3 Å². The summed E-state index contributed by atoms with van der Waals surface area (Å²) in [6.45, 7) is 1.85. The second-order valence-corrected chi connectivity index (χ2v) is 5.67. The first kappa shape index (κ1) is 13.4. The highest BCUT2D eigenvalue weighted by Gasteiger charge is 2.20. The lowest BCUT2D eigenvalue weighted by Crippen LogP contribution is -2.06. The third-order valence-electron chi connectivity index (χ3n) is 3.03. The summed E-state index contributed by atoms with van der Waals surface area (Å²) in [6, 6.07) is 2.56. The first-order valence-electron chi connectivity index (χ1n) is 5.72. The molecular formula is C12H10BrClFN5. The summed E-state index contributed by atoms with van der Waals surface area (Å²) in [4.78, 5) is 4.30. The molecule has 1 aromatic carbocycles. The van der Waals surface area contributed by atoms with Gasteiger partial charge in [0.1, 0.15) is 11.3 Å². The molecular weight excluding hydrogens is 349 g/mol. The zero-order valence-electron chi connectivity index (χ0n) is 10.7. The van der Waals surface area contributed by atoms with E-state index in [-0.39, 0.29) is 11.0 Å². The van der Waals surface area contributed by atoms with Crippen molar-refractivity contribution in [2.75, 3.05) is 5.73 Å². The molecule has 2 heterocycles. The summed E-state index contributed by atoms with van der Waals surface area (Å²) >= 11 is 9.47. The summed E-state index contributed by atoms with van der Waals surface area (Å²) in [6.07, 6.45) is 0. The Morgan fingerprint density at radius 1 is 1.40 bits per heavy atom. The monoisotopic (exact) mass is 357 g/mol. The van der Waals surface area contributed by atoms with Gasteiger partial charge in [-0.1, -0.05) is 11.6 Å². The molecule has 0 aliphatic heterocycles. The van der Waals surface area contributed by atoms with Gasteiger partial charge in [0.05, 0.1) is 16.4 Å². The maximum Gasteiger partial charge on any atom is 0.207 e. The summed E-state index contributed by atoms with van der Waals surface area (Å²) in [7, 11) is 1.79. The smallest absolute Gasteiger partial charge is 0.207 e. The molecule has 0 saturated heterocycles. The summed E-state index contributed by atoms with van der Waals surface area (Å²) in [5, 5.41) is 4.54. The van der Waals surface area contributed by atoms with Gasteiger partial charge < -0.3 is 5.73 Å². The van der Waals surface area contributed by atoms with Crippen molar-refractivity contribution in [1.29, 1.82) is 0 Å². The molecule has 2 N–H and O–H groups in total. The van der Waals surface area contributed by atoms with Crippen molar-refractivity contribution in [1.82, 2.24) is 19.3 Å². The minimum Gasteiger partial charge on any atom is -0.369 e. The lowest BCUT2D eigenvalue weighted by molar-refractivity contribution is 0.626. The van der Waals surface area contributed by atoms with Gasteiger partial charge in [-0.3, -0.25) is 4.57 Å². The molecule has 0 saturated carbocycles. The van der Waals surface area contributed by atoms with E-state index >= 15 is 0 Å². The van der Waals surface area contributed by atoms with Crippen LogP contribution in [-0.2, 0) is 7.05 Å². The molecule has 5 nitrogen and oxygen atoms in total. The van der Waals surface area contributed by atoms with Crippen molar-refractivity contribution in [3.63, 3.8) is 0 Å². The quantitative estimate of drug-likeness (QED) is 0.726. The lowest BCUT2D eigenvalue weighted by atomic mass is 10.3. The van der Waals surface area contributed by atoms with Crippen LogP contribution in [0.2, 0.25) is 5.02 Å². The molecule has 0 radical (unpaired) electrons. The van der Waals surface area contributed by atoms with Crippen molar-refractivity contribution in [2.24, 2.45) is 7.05 Å². The standard InChI is InChI=1S/C12H10BrClFN5/c1-5-9-11(19(2)18-5)20(12(16)17-9)10-7(13)3-6(15)4-8(10)14/h3-4H,1-2H3,(H2,16,17). The molecule has 0 aliphatic carbocycles. The predicted octanol–water partition coefficient (Wildman–Crippen LogP) is 3.20. The highest BCUT2D eigenvalue weighted by atomic mass is 79.9. The number of nitrogens with zero attached hydrogens (tertiary/aromatic N) is 4. The van der Waals surface area contributed by atoms with E-state index in [4.69, 9.17) is 17.3 Å². The zero-order chi connectivity index (χ0) is 14.6. The van der Waals surface area contributed by atoms with E-state index in [0.29, 0.717) is 21.3 Å². The normalized spacial score (nSPS) is 11.4. The van der Waals surface area contributed by atoms with E-state index in [1.807, 2.05) is 6.92 Å². The molecule has 0 bridgehead atoms. The van der Waals surface area contributed by atoms with E-state index in [1.165, 1.54) is 12.1 Å². The molecule has 0 amide bonds. The van der Waals surface area contributed by atoms with Gasteiger partial charge in [-0.2, -0.15) is 5.10 Å². The first-order valence-corrected chi connectivity index (χ1v) is 6.89. The Kier molecular flexibility index (Phi) is 2.98. The van der Waals surface area contributed by atoms with Crippen LogP contribution in [0.1, 0.15) is 5.69 Å². The van der Waals surface area contributed by atoms with Gasteiger partial charge in [-0.05, 0) is 35.0 Å². The lowest BCUT2D eigenvalue weighted by Gasteiger charge is -2.11. The fraction of sp³-hybridized carbons (Fsp3) is 0.167. The van der Waals surface area contributed by atoms with Crippen molar-refractivity contribution in [3.05, 3.63) is 33.1 Å². The molecule has 0 unspecified atom stereocenters. The van der Waals surface area contributed by atoms with Crippen molar-refractivity contribution < 1.29 is 4.39 Å². The minimum absolute atomic E-state index is 0.238. The van der Waals surface area contributed by atoms with E-state index in [9.17, 15) is 4.39 Å². The number of fused-ring (bicyclic) bond motifs is 1. The number of benzene rings is 1. The Morgan fingerprint density at radius 2 is 2.10 bits per heavy atom. The highest BCUT2D eigenvalue weighted by molar-refractivity contribution is 9.10. The molecule has 8 heteroatoms. The van der Waals surface area contributed by atoms with Gasteiger partial charge in [0.2, 0.25) is 5.95 Å². The van der Waals surface area contributed by atoms with Gasteiger partial charge in [0.15, 0.2) is 5.65 Å². The number of hydrogen-bond donors (Lipinski definition) is 1. The number of nitrogens with two attached hydrogens (primary N) is 1. The molecule has 20 heavy (non-hydrogen) atoms. The maximum absolute atomic E-state index is 13.4. The number of hydrogen-bond acceptors (Lipinski definition) is 3. The molecule has 0 aliphatic rings. The van der Waals surface area contributed by atoms with Crippen molar-refractivity contribution in [2.45, 2.75) is 6.92 Å². The molecule has 3 aromatic rings. The van der Waals surface area contributed by atoms with Gasteiger partial charge >= 0.3 is 0 Å². The van der Waals surface area contributed by atoms with E-state index in [0.717, 1.165) is 5.69 Å². The average molecular weight is 359 g/mol. The van der Waals surface area contributed by atoms with Crippen LogP contribution in [0.4, 0.5) is 10.3 Å². The van der Waals surface area contributed by atoms with E-state index < -0.39 is 5.82 Å². The van der Waals surface area contributed by atoms with E-state index in [2.05, 4.69) is 26.0 Å². The third kappa shape index (κ3) is 1.81. The number of halogens is 3. The summed E-state index contributed by atoms with van der Waals surface area (Å²) in [5.74, 6) is -0.160. The van der Waals surface area contributed by atoms with Crippen LogP contribution in [0.5, 0.6) is 0 Å². The van der Waals surface area contributed by atoms with Crippen LogP contribution in [0, 0.1) is 12.7 Å². The van der Waals surface area contributed by atoms with Gasteiger partial charge in [-0.25, -0.2) is 14.1 Å². The second-order valence-electron chi connectivity index (χ2n) is 4.40. The Balaban J connectivity index is 2.44. The molecule has 104 valence electrons. The number of aromatic nitrogens is 4. The number of imidazole rings is 1. The largest absolute Gasteiger partial charge is 0.369 e. The summed E-state index contributed by atoms with van der Waals surface area (Å²) < 4.78 is 17.2. The Bertz CT molecular complexity index is 815. The van der Waals surface area contributed by atoms with Gasteiger partial charge in [-0.15, -0.1) is 0 Å². The Morgan fingerprint density at radius 3 is 2.75 bits per heavy atom. The van der Waals surface area contributed by atoms with Crippen LogP contribution >= 0.6 is 27.5 Å². The Hall–Kier alpha value is -1.60. The van der Waals surface area contributed by atoms with Crippen LogP contribution in [0.15, 0.2) is 16.6 Å². The predicted molar refractivity (Wildman–Crippen MR) is 79.7 cm³/mol. The number of anilines is 1. The minimum atomic E-state index is -0.429. The SMILES string of the molecule is Cc1nn(C)c2c1nc(N)n2-c1c(Cl)cc(F)cc1Br. The van der Waals surface area contributed by atoms with Crippen LogP contribution < -0.4 is 5.73 Å². The van der Waals surface area contributed by atoms with Crippen molar-refractivity contribution in [3.8, 4) is 5.69 Å². The maximum atomic E-state index is 13.4. The average Bonchev–Trinajstić information content (AvgIpc) is 2.78. The Labute approximate surface area is 127 Å². The van der Waals surface area contributed by atoms with Crippen molar-refractivity contribution >= 4 is 44.6 Å². The molecule has 2 aromatic heterocycles. The number of aryl methyl sites for hydroxylation is 2. The molecule has 0 spiro atoms. The fourth-order valence-electron chi connectivity index (χ4n) is 2.26. The molecule has 0 atom stereocenters. The number of rotatable bonds is 1. The summed E-state index contributed by atoms with van der Waals surface area (Å²) in [5.41, 5.74) is 8.68. The zero-order valence-corrected chi connectivity index (χ0v) is 13.0. The fourth-order valence-corrected chi connectivity index (χ4v) is 3.27. The second kappa shape index (κ2) is 4.46. The van der Waals surface area contributed by atoms with Crippen LogP contribution in [-0.4, -0.2) is 19.3 Å². The van der Waals surface area contributed by atoms with Crippen LogP contribution in [0.3, 0.4) is 0 Å². The highest BCUT2D eigenvalue weighted by Crippen LogP contribution is 2.34. The van der Waals surface area contributed by atoms with Gasteiger partial charge in [0, 0.05) is 11.5 Å².